The van der Waals surface area contributed by atoms with Crippen LogP contribution in [0.3, 0.4) is 0 Å². The number of aryl methyl sites for hydroxylation is 3. The van der Waals surface area contributed by atoms with Crippen LogP contribution in [0.15, 0.2) is 36.4 Å². The van der Waals surface area contributed by atoms with Crippen molar-refractivity contribution in [3.05, 3.63) is 58.7 Å². The van der Waals surface area contributed by atoms with E-state index in [9.17, 15) is 0 Å². The zero-order valence-corrected chi connectivity index (χ0v) is 16.7. The summed E-state index contributed by atoms with van der Waals surface area (Å²) in [5.41, 5.74) is 5.70. The van der Waals surface area contributed by atoms with Crippen molar-refractivity contribution in [2.45, 2.75) is 48.1 Å². The van der Waals surface area contributed by atoms with Crippen LogP contribution in [0.2, 0.25) is 0 Å². The molecule has 0 saturated heterocycles. The number of hydrogen-bond acceptors (Lipinski definition) is 0. The van der Waals surface area contributed by atoms with Crippen LogP contribution >= 0.6 is 0 Å². The van der Waals surface area contributed by atoms with Crippen LogP contribution in [0.4, 0.5) is 0 Å². The first-order valence-corrected chi connectivity index (χ1v) is 9.72. The highest BCUT2D eigenvalue weighted by molar-refractivity contribution is 6.11. The number of rotatable bonds is 5. The topological polar surface area (TPSA) is 0 Å². The Hall–Kier alpha value is -1.86. The van der Waals surface area contributed by atoms with E-state index in [-0.39, 0.29) is 0 Å². The fraction of sp³-hybridized carbons (Fsp3) is 0.417. The Bertz CT molecular complexity index is 908. The molecule has 0 aromatic heterocycles. The second kappa shape index (κ2) is 6.80. The Morgan fingerprint density at radius 3 is 1.64 bits per heavy atom. The Morgan fingerprint density at radius 1 is 0.640 bits per heavy atom. The summed E-state index contributed by atoms with van der Waals surface area (Å²) in [5, 5.41) is 5.67. The zero-order chi connectivity index (χ0) is 18.2. The largest absolute Gasteiger partial charge is 0.321 e. The normalized spacial score (nSPS) is 12.2. The fourth-order valence-corrected chi connectivity index (χ4v) is 4.26. The third kappa shape index (κ3) is 3.06. The molecule has 0 amide bonds. The maximum absolute atomic E-state index is 2.40. The number of nitrogens with zero attached hydrogens (tertiary/aromatic N) is 1. The fourth-order valence-electron chi connectivity index (χ4n) is 4.26. The Balaban J connectivity index is 2.38. The lowest BCUT2D eigenvalue weighted by Crippen LogP contribution is -2.46. The molecule has 25 heavy (non-hydrogen) atoms. The Morgan fingerprint density at radius 2 is 1.12 bits per heavy atom. The van der Waals surface area contributed by atoms with Gasteiger partial charge in [-0.2, -0.15) is 0 Å². The molecule has 0 unspecified atom stereocenters. The van der Waals surface area contributed by atoms with Crippen LogP contribution in [0.5, 0.6) is 0 Å². The molecule has 0 saturated carbocycles. The third-order valence-electron chi connectivity index (χ3n) is 6.33. The van der Waals surface area contributed by atoms with Crippen LogP contribution in [-0.2, 0) is 6.54 Å². The number of benzene rings is 3. The molecular formula is C24H32N+. The van der Waals surface area contributed by atoms with E-state index in [4.69, 9.17) is 0 Å². The van der Waals surface area contributed by atoms with Gasteiger partial charge in [-0.15, -0.1) is 0 Å². The van der Waals surface area contributed by atoms with E-state index in [1.807, 2.05) is 0 Å². The van der Waals surface area contributed by atoms with Gasteiger partial charge in [0.15, 0.2) is 0 Å². The molecule has 3 aromatic carbocycles. The summed E-state index contributed by atoms with van der Waals surface area (Å²) in [7, 11) is 0. The van der Waals surface area contributed by atoms with Gasteiger partial charge < -0.3 is 4.48 Å². The molecule has 0 aliphatic heterocycles. The van der Waals surface area contributed by atoms with Crippen molar-refractivity contribution >= 4 is 21.5 Å². The predicted octanol–water partition coefficient (Wildman–Crippen LogP) is 6.29. The standard InChI is InChI=1S/C24H32N/c1-7-25(8-2,9-3)16-24-19(6)22-14-17(4)10-12-20(22)21-13-11-18(5)15-23(21)24/h10-15H,7-9,16H2,1-6H3/q+1. The maximum atomic E-state index is 2.40. The molecule has 0 fully saturated rings. The van der Waals surface area contributed by atoms with Crippen LogP contribution in [0, 0.1) is 20.8 Å². The number of quaternary nitrogens is 1. The average Bonchev–Trinajstić information content (AvgIpc) is 2.62. The molecule has 1 heteroatoms. The molecule has 3 aromatic rings. The van der Waals surface area contributed by atoms with Gasteiger partial charge in [-0.05, 0) is 68.7 Å². The summed E-state index contributed by atoms with van der Waals surface area (Å²) in [4.78, 5) is 0. The monoisotopic (exact) mass is 334 g/mol. The highest BCUT2D eigenvalue weighted by atomic mass is 15.3. The third-order valence-corrected chi connectivity index (χ3v) is 6.33. The minimum absolute atomic E-state index is 1.12. The number of fused-ring (bicyclic) bond motifs is 3. The van der Waals surface area contributed by atoms with Crippen molar-refractivity contribution in [2.24, 2.45) is 0 Å². The van der Waals surface area contributed by atoms with E-state index < -0.39 is 0 Å². The average molecular weight is 335 g/mol. The molecular weight excluding hydrogens is 302 g/mol. The van der Waals surface area contributed by atoms with Crippen LogP contribution in [-0.4, -0.2) is 24.1 Å². The first-order valence-electron chi connectivity index (χ1n) is 9.72. The zero-order valence-electron chi connectivity index (χ0n) is 16.7. The molecule has 0 heterocycles. The molecule has 3 rings (SSSR count). The highest BCUT2D eigenvalue weighted by Gasteiger charge is 2.24. The van der Waals surface area contributed by atoms with E-state index >= 15 is 0 Å². The molecule has 132 valence electrons. The van der Waals surface area contributed by atoms with Crippen molar-refractivity contribution in [3.63, 3.8) is 0 Å². The summed E-state index contributed by atoms with van der Waals surface area (Å²) in [6.45, 7) is 18.4. The Kier molecular flexibility index (Phi) is 4.88. The second-order valence-electron chi connectivity index (χ2n) is 7.65. The van der Waals surface area contributed by atoms with E-state index in [0.717, 1.165) is 11.0 Å². The van der Waals surface area contributed by atoms with Crippen molar-refractivity contribution in [3.8, 4) is 0 Å². The molecule has 0 bridgehead atoms. The summed E-state index contributed by atoms with van der Waals surface area (Å²) in [5.74, 6) is 0. The minimum Gasteiger partial charge on any atom is -0.321 e. The van der Waals surface area contributed by atoms with Crippen LogP contribution in [0.1, 0.15) is 43.0 Å². The SMILES string of the molecule is CC[N+](CC)(CC)Cc1c(C)c2cc(C)ccc2c2ccc(C)cc12. The highest BCUT2D eigenvalue weighted by Crippen LogP contribution is 2.35. The lowest BCUT2D eigenvalue weighted by Gasteiger charge is -2.37. The molecule has 0 radical (unpaired) electrons. The molecule has 0 N–H and O–H groups in total. The van der Waals surface area contributed by atoms with Gasteiger partial charge in [0.05, 0.1) is 19.6 Å². The Labute approximate surface area is 152 Å². The number of hydrogen-bond donors (Lipinski definition) is 0. The summed E-state index contributed by atoms with van der Waals surface area (Å²) >= 11 is 0. The smallest absolute Gasteiger partial charge is 0.105 e. The summed E-state index contributed by atoms with van der Waals surface area (Å²) in [6.07, 6.45) is 0. The van der Waals surface area contributed by atoms with Gasteiger partial charge in [-0.1, -0.05) is 47.5 Å². The quantitative estimate of drug-likeness (QED) is 0.380. The van der Waals surface area contributed by atoms with Crippen LogP contribution < -0.4 is 0 Å². The van der Waals surface area contributed by atoms with Crippen molar-refractivity contribution < 1.29 is 4.48 Å². The van der Waals surface area contributed by atoms with Crippen molar-refractivity contribution in [1.82, 2.24) is 0 Å². The van der Waals surface area contributed by atoms with Gasteiger partial charge in [-0.25, -0.2) is 0 Å². The minimum atomic E-state index is 1.12. The van der Waals surface area contributed by atoms with Gasteiger partial charge in [-0.3, -0.25) is 0 Å². The molecule has 0 atom stereocenters. The van der Waals surface area contributed by atoms with E-state index in [1.54, 1.807) is 5.56 Å². The van der Waals surface area contributed by atoms with E-state index in [2.05, 4.69) is 77.9 Å². The first kappa shape index (κ1) is 17.9. The van der Waals surface area contributed by atoms with E-state index in [0.29, 0.717) is 0 Å². The maximum Gasteiger partial charge on any atom is 0.105 e. The lowest BCUT2D eigenvalue weighted by atomic mass is 9.90. The molecule has 1 nitrogen and oxygen atoms in total. The van der Waals surface area contributed by atoms with Crippen molar-refractivity contribution in [1.29, 1.82) is 0 Å². The lowest BCUT2D eigenvalue weighted by molar-refractivity contribution is -0.936. The predicted molar refractivity (Wildman–Crippen MR) is 111 cm³/mol. The first-order chi connectivity index (χ1) is 11.9. The van der Waals surface area contributed by atoms with Crippen LogP contribution in [0.25, 0.3) is 21.5 Å². The summed E-state index contributed by atoms with van der Waals surface area (Å²) in [6, 6.07) is 13.9. The molecule has 0 aliphatic carbocycles. The van der Waals surface area contributed by atoms with Gasteiger partial charge in [0.2, 0.25) is 0 Å². The van der Waals surface area contributed by atoms with Gasteiger partial charge in [0, 0.05) is 5.56 Å². The van der Waals surface area contributed by atoms with Gasteiger partial charge in [0.1, 0.15) is 6.54 Å². The van der Waals surface area contributed by atoms with Crippen molar-refractivity contribution in [2.75, 3.05) is 19.6 Å². The molecule has 0 spiro atoms. The van der Waals surface area contributed by atoms with Gasteiger partial charge >= 0.3 is 0 Å². The van der Waals surface area contributed by atoms with Gasteiger partial charge in [0.25, 0.3) is 0 Å². The molecule has 0 aliphatic rings. The second-order valence-corrected chi connectivity index (χ2v) is 7.65. The summed E-state index contributed by atoms with van der Waals surface area (Å²) < 4.78 is 1.15. The van der Waals surface area contributed by atoms with E-state index in [1.165, 1.54) is 57.9 Å².